The van der Waals surface area contributed by atoms with Gasteiger partial charge in [-0.3, -0.25) is 14.4 Å². The lowest BCUT2D eigenvalue weighted by molar-refractivity contribution is 0.0633. The highest BCUT2D eigenvalue weighted by atomic mass is 16.2. The van der Waals surface area contributed by atoms with Crippen LogP contribution in [0.4, 0.5) is 0 Å². The van der Waals surface area contributed by atoms with Gasteiger partial charge in [0.25, 0.3) is 17.0 Å². The van der Waals surface area contributed by atoms with Crippen LogP contribution in [0.3, 0.4) is 0 Å². The predicted molar refractivity (Wildman–Crippen MR) is 104 cm³/mol. The van der Waals surface area contributed by atoms with Crippen molar-refractivity contribution >= 4 is 5.91 Å². The molecule has 1 aliphatic heterocycles. The molecular weight excluding hydrogens is 356 g/mol. The standard InChI is InChI=1S/C21H24N4O3/c1-24-10-6-14(11-16(24)26)20(28)25-9-2-7-21(12-25)8-5-15-17(21)22-18(13-3-4-13)23-19(15)27/h6,10-11,13H,2-5,7-9,12H2,1H3,(H,22,23,27). The van der Waals surface area contributed by atoms with E-state index in [2.05, 4.69) is 4.98 Å². The summed E-state index contributed by atoms with van der Waals surface area (Å²) in [6, 6.07) is 3.10. The summed E-state index contributed by atoms with van der Waals surface area (Å²) < 4.78 is 1.46. The van der Waals surface area contributed by atoms with Gasteiger partial charge in [0.15, 0.2) is 0 Å². The molecule has 7 heteroatoms. The van der Waals surface area contributed by atoms with E-state index in [1.165, 1.54) is 10.6 Å². The Hall–Kier alpha value is -2.70. The maximum absolute atomic E-state index is 13.1. The molecule has 1 atom stereocenters. The summed E-state index contributed by atoms with van der Waals surface area (Å²) >= 11 is 0. The molecule has 2 aliphatic carbocycles. The number of rotatable bonds is 2. The topological polar surface area (TPSA) is 88.1 Å². The summed E-state index contributed by atoms with van der Waals surface area (Å²) in [6.45, 7) is 1.23. The third kappa shape index (κ3) is 2.72. The fraction of sp³-hybridized carbons (Fsp3) is 0.524. The zero-order valence-electron chi connectivity index (χ0n) is 16.0. The Bertz CT molecular complexity index is 1080. The quantitative estimate of drug-likeness (QED) is 0.855. The molecule has 1 N–H and O–H groups in total. The van der Waals surface area contributed by atoms with Gasteiger partial charge in [-0.15, -0.1) is 0 Å². The second-order valence-corrected chi connectivity index (χ2v) is 8.53. The highest BCUT2D eigenvalue weighted by Crippen LogP contribution is 2.45. The summed E-state index contributed by atoms with van der Waals surface area (Å²) in [7, 11) is 1.67. The average molecular weight is 380 g/mol. The number of pyridine rings is 1. The summed E-state index contributed by atoms with van der Waals surface area (Å²) in [5.41, 5.74) is 1.72. The van der Waals surface area contributed by atoms with Crippen molar-refractivity contribution in [1.29, 1.82) is 0 Å². The number of aromatic nitrogens is 3. The van der Waals surface area contributed by atoms with Crippen molar-refractivity contribution in [2.75, 3.05) is 13.1 Å². The Morgan fingerprint density at radius 3 is 2.86 bits per heavy atom. The number of carbonyl (C=O) groups is 1. The number of aryl methyl sites for hydroxylation is 1. The number of nitrogens with zero attached hydrogens (tertiary/aromatic N) is 3. The summed E-state index contributed by atoms with van der Waals surface area (Å²) in [4.78, 5) is 47.3. The maximum atomic E-state index is 13.1. The molecule has 1 saturated heterocycles. The van der Waals surface area contributed by atoms with Crippen molar-refractivity contribution in [2.45, 2.75) is 49.9 Å². The van der Waals surface area contributed by atoms with Gasteiger partial charge in [-0.05, 0) is 44.6 Å². The number of aromatic amines is 1. The van der Waals surface area contributed by atoms with Crippen molar-refractivity contribution < 1.29 is 4.79 Å². The lowest BCUT2D eigenvalue weighted by Gasteiger charge is -2.40. The second-order valence-electron chi connectivity index (χ2n) is 8.53. The van der Waals surface area contributed by atoms with Gasteiger partial charge < -0.3 is 14.5 Å². The first-order chi connectivity index (χ1) is 13.5. The molecule has 5 rings (SSSR count). The molecule has 1 spiro atoms. The fourth-order valence-corrected chi connectivity index (χ4v) is 4.79. The van der Waals surface area contributed by atoms with E-state index in [-0.39, 0.29) is 22.4 Å². The number of carbonyl (C=O) groups excluding carboxylic acids is 1. The number of nitrogens with one attached hydrogen (secondary N) is 1. The van der Waals surface area contributed by atoms with E-state index in [0.717, 1.165) is 55.6 Å². The normalized spacial score (nSPS) is 23.8. The van der Waals surface area contributed by atoms with Crippen molar-refractivity contribution in [1.82, 2.24) is 19.4 Å². The molecule has 7 nitrogen and oxygen atoms in total. The minimum absolute atomic E-state index is 0.00113. The van der Waals surface area contributed by atoms with Gasteiger partial charge >= 0.3 is 0 Å². The zero-order valence-corrected chi connectivity index (χ0v) is 16.0. The first kappa shape index (κ1) is 17.4. The van der Waals surface area contributed by atoms with Crippen LogP contribution in [0.5, 0.6) is 0 Å². The second kappa shape index (κ2) is 6.15. The van der Waals surface area contributed by atoms with Crippen LogP contribution in [-0.4, -0.2) is 38.4 Å². The molecule has 28 heavy (non-hydrogen) atoms. The first-order valence-electron chi connectivity index (χ1n) is 10.1. The number of piperidine rings is 1. The van der Waals surface area contributed by atoms with E-state index in [1.54, 1.807) is 19.3 Å². The van der Waals surface area contributed by atoms with E-state index < -0.39 is 0 Å². The maximum Gasteiger partial charge on any atom is 0.254 e. The smallest absolute Gasteiger partial charge is 0.254 e. The lowest BCUT2D eigenvalue weighted by atomic mass is 9.77. The fourth-order valence-electron chi connectivity index (χ4n) is 4.79. The van der Waals surface area contributed by atoms with Crippen LogP contribution in [0.2, 0.25) is 0 Å². The van der Waals surface area contributed by atoms with Crippen molar-refractivity contribution in [3.8, 4) is 0 Å². The van der Waals surface area contributed by atoms with Crippen LogP contribution in [0.1, 0.15) is 65.5 Å². The number of amides is 1. The van der Waals surface area contributed by atoms with Gasteiger partial charge in [-0.25, -0.2) is 4.98 Å². The van der Waals surface area contributed by atoms with Crippen LogP contribution >= 0.6 is 0 Å². The van der Waals surface area contributed by atoms with Crippen molar-refractivity contribution in [2.24, 2.45) is 7.05 Å². The van der Waals surface area contributed by atoms with Gasteiger partial charge in [0.2, 0.25) is 0 Å². The molecule has 146 valence electrons. The monoisotopic (exact) mass is 380 g/mol. The predicted octanol–water partition coefficient (Wildman–Crippen LogP) is 1.47. The van der Waals surface area contributed by atoms with Gasteiger partial charge in [-0.2, -0.15) is 0 Å². The zero-order chi connectivity index (χ0) is 19.5. The molecular formula is C21H24N4O3. The molecule has 1 unspecified atom stereocenters. The van der Waals surface area contributed by atoms with Gasteiger partial charge in [0.05, 0.1) is 5.69 Å². The van der Waals surface area contributed by atoms with Gasteiger partial charge in [0.1, 0.15) is 5.82 Å². The highest BCUT2D eigenvalue weighted by Gasteiger charge is 2.46. The molecule has 3 heterocycles. The van der Waals surface area contributed by atoms with Crippen LogP contribution in [0.25, 0.3) is 0 Å². The Labute approximate surface area is 162 Å². The Balaban J connectivity index is 1.48. The molecule has 0 aromatic carbocycles. The summed E-state index contributed by atoms with van der Waals surface area (Å²) in [6.07, 6.45) is 7.20. The van der Waals surface area contributed by atoms with Crippen LogP contribution < -0.4 is 11.1 Å². The van der Waals surface area contributed by atoms with Crippen molar-refractivity contribution in [3.05, 3.63) is 61.7 Å². The number of likely N-dealkylation sites (tertiary alicyclic amines) is 1. The van der Waals surface area contributed by atoms with Crippen molar-refractivity contribution in [3.63, 3.8) is 0 Å². The molecule has 3 aliphatic rings. The average Bonchev–Trinajstić information content (AvgIpc) is 3.48. The highest BCUT2D eigenvalue weighted by molar-refractivity contribution is 5.94. The van der Waals surface area contributed by atoms with E-state index in [0.29, 0.717) is 24.6 Å². The number of fused-ring (bicyclic) bond motifs is 2. The molecule has 2 aromatic heterocycles. The minimum Gasteiger partial charge on any atom is -0.338 e. The minimum atomic E-state index is -0.235. The first-order valence-corrected chi connectivity index (χ1v) is 10.1. The van der Waals surface area contributed by atoms with Gasteiger partial charge in [0, 0.05) is 54.9 Å². The third-order valence-electron chi connectivity index (χ3n) is 6.57. The van der Waals surface area contributed by atoms with Gasteiger partial charge in [-0.1, -0.05) is 0 Å². The molecule has 0 radical (unpaired) electrons. The van der Waals surface area contributed by atoms with Crippen LogP contribution in [0.15, 0.2) is 27.9 Å². The lowest BCUT2D eigenvalue weighted by Crippen LogP contribution is -2.48. The number of hydrogen-bond donors (Lipinski definition) is 1. The van der Waals surface area contributed by atoms with E-state index in [1.807, 2.05) is 4.90 Å². The van der Waals surface area contributed by atoms with E-state index in [9.17, 15) is 14.4 Å². The molecule has 2 aromatic rings. The molecule has 1 saturated carbocycles. The Kier molecular flexibility index (Phi) is 3.82. The molecule has 1 amide bonds. The Morgan fingerprint density at radius 2 is 2.11 bits per heavy atom. The SMILES string of the molecule is Cn1ccc(C(=O)N2CCCC3(CCc4c3nc(C3CC3)[nH]c4=O)C2)cc1=O. The summed E-state index contributed by atoms with van der Waals surface area (Å²) in [5, 5.41) is 0. The van der Waals surface area contributed by atoms with E-state index in [4.69, 9.17) is 4.98 Å². The number of H-pyrrole nitrogens is 1. The summed E-state index contributed by atoms with van der Waals surface area (Å²) in [5.74, 6) is 1.09. The number of hydrogen-bond acceptors (Lipinski definition) is 4. The van der Waals surface area contributed by atoms with Crippen LogP contribution in [0, 0.1) is 0 Å². The Morgan fingerprint density at radius 1 is 1.29 bits per heavy atom. The largest absolute Gasteiger partial charge is 0.338 e. The molecule has 2 fully saturated rings. The third-order valence-corrected chi connectivity index (χ3v) is 6.57. The molecule has 0 bridgehead atoms. The van der Waals surface area contributed by atoms with E-state index >= 15 is 0 Å². The van der Waals surface area contributed by atoms with Crippen LogP contribution in [-0.2, 0) is 18.9 Å².